The number of nitrogens with zero attached hydrogens (tertiary/aromatic N) is 3. The van der Waals surface area contributed by atoms with Gasteiger partial charge in [0, 0.05) is 61.1 Å². The summed E-state index contributed by atoms with van der Waals surface area (Å²) in [5.41, 5.74) is 2.23. The summed E-state index contributed by atoms with van der Waals surface area (Å²) >= 11 is 0. The van der Waals surface area contributed by atoms with Crippen LogP contribution in [0, 0.1) is 0 Å². The predicted octanol–water partition coefficient (Wildman–Crippen LogP) is 4.02. The first-order valence-electron chi connectivity index (χ1n) is 13.1. The Hall–Kier alpha value is -4.35. The minimum Gasteiger partial charge on any atom is -0.493 e. The van der Waals surface area contributed by atoms with E-state index in [9.17, 15) is 13.2 Å². The van der Waals surface area contributed by atoms with Gasteiger partial charge in [-0.2, -0.15) is 0 Å². The van der Waals surface area contributed by atoms with Gasteiger partial charge in [0.05, 0.1) is 26.8 Å². The summed E-state index contributed by atoms with van der Waals surface area (Å²) in [6.45, 7) is 3.17. The lowest BCUT2D eigenvalue weighted by Gasteiger charge is -2.35. The van der Waals surface area contributed by atoms with Crippen molar-refractivity contribution >= 4 is 32.5 Å². The molecule has 1 N–H and O–H groups in total. The summed E-state index contributed by atoms with van der Waals surface area (Å²) in [5, 5.41) is 0.735. The third-order valence-corrected chi connectivity index (χ3v) is 8.52. The van der Waals surface area contributed by atoms with Crippen LogP contribution < -0.4 is 18.9 Å². The van der Waals surface area contributed by atoms with Gasteiger partial charge in [0.25, 0.3) is 15.9 Å². The quantitative estimate of drug-likeness (QED) is 0.318. The molecule has 0 bridgehead atoms. The van der Waals surface area contributed by atoms with Gasteiger partial charge in [0.1, 0.15) is 4.90 Å². The number of benzene rings is 3. The number of ether oxygens (including phenoxy) is 3. The Labute approximate surface area is 239 Å². The number of anilines is 1. The number of hydrogen-bond acceptors (Lipinski definition) is 8. The molecule has 3 aromatic carbocycles. The lowest BCUT2D eigenvalue weighted by molar-refractivity contribution is 0.0627. The number of aromatic nitrogens is 1. The van der Waals surface area contributed by atoms with Crippen LogP contribution in [-0.4, -0.2) is 76.6 Å². The number of pyridine rings is 1. The monoisotopic (exact) mass is 576 g/mol. The minimum absolute atomic E-state index is 0.0963. The molecule has 1 aliphatic heterocycles. The smallest absolute Gasteiger partial charge is 0.264 e. The molecule has 0 spiro atoms. The standard InChI is InChI=1S/C30H32N4O6S/c1-38-25-14-11-23(28(39-2)29(25)40-3)20-33-16-18-34(19-17-33)30(35)22-9-12-24(13-10-22)32-41(36,37)26-8-4-6-21-7-5-15-31-27(21)26/h4-15,32H,16-20H2,1-3H3. The summed E-state index contributed by atoms with van der Waals surface area (Å²) in [6.07, 6.45) is 1.56. The number of hydrogen-bond donors (Lipinski definition) is 1. The summed E-state index contributed by atoms with van der Waals surface area (Å²) in [7, 11) is 0.898. The molecular formula is C30H32N4O6S. The van der Waals surface area contributed by atoms with Crippen molar-refractivity contribution in [3.8, 4) is 17.2 Å². The zero-order valence-electron chi connectivity index (χ0n) is 23.2. The van der Waals surface area contributed by atoms with Crippen molar-refractivity contribution in [2.24, 2.45) is 0 Å². The zero-order chi connectivity index (χ0) is 29.0. The number of para-hydroxylation sites is 1. The van der Waals surface area contributed by atoms with E-state index >= 15 is 0 Å². The number of carbonyl (C=O) groups is 1. The van der Waals surface area contributed by atoms with Crippen molar-refractivity contribution in [1.82, 2.24) is 14.8 Å². The molecule has 1 fully saturated rings. The second kappa shape index (κ2) is 12.0. The van der Waals surface area contributed by atoms with E-state index in [0.29, 0.717) is 66.7 Å². The Morgan fingerprint density at radius 1 is 0.854 bits per heavy atom. The van der Waals surface area contributed by atoms with E-state index in [-0.39, 0.29) is 10.8 Å². The number of methoxy groups -OCH3 is 3. The van der Waals surface area contributed by atoms with E-state index in [0.717, 1.165) is 10.9 Å². The van der Waals surface area contributed by atoms with Crippen LogP contribution in [0.2, 0.25) is 0 Å². The highest BCUT2D eigenvalue weighted by molar-refractivity contribution is 7.93. The van der Waals surface area contributed by atoms with Crippen molar-refractivity contribution in [2.45, 2.75) is 11.4 Å². The molecular weight excluding hydrogens is 544 g/mol. The average molecular weight is 577 g/mol. The number of piperazine rings is 1. The van der Waals surface area contributed by atoms with Gasteiger partial charge >= 0.3 is 0 Å². The first-order valence-corrected chi connectivity index (χ1v) is 14.6. The molecule has 11 heteroatoms. The fourth-order valence-corrected chi connectivity index (χ4v) is 6.24. The van der Waals surface area contributed by atoms with Gasteiger partial charge in [-0.1, -0.05) is 24.3 Å². The van der Waals surface area contributed by atoms with Crippen LogP contribution in [-0.2, 0) is 16.6 Å². The number of amides is 1. The number of fused-ring (bicyclic) bond motifs is 1. The van der Waals surface area contributed by atoms with Crippen LogP contribution in [0.15, 0.2) is 77.8 Å². The Morgan fingerprint density at radius 3 is 2.24 bits per heavy atom. The van der Waals surface area contributed by atoms with E-state index < -0.39 is 10.0 Å². The SMILES string of the molecule is COc1ccc(CN2CCN(C(=O)c3ccc(NS(=O)(=O)c4cccc5cccnc45)cc3)CC2)c(OC)c1OC. The molecule has 214 valence electrons. The molecule has 2 heterocycles. The molecule has 10 nitrogen and oxygen atoms in total. The fourth-order valence-electron chi connectivity index (χ4n) is 5.00. The highest BCUT2D eigenvalue weighted by Crippen LogP contribution is 2.40. The van der Waals surface area contributed by atoms with Crippen molar-refractivity contribution < 1.29 is 27.4 Å². The van der Waals surface area contributed by atoms with Crippen LogP contribution in [0.25, 0.3) is 10.9 Å². The highest BCUT2D eigenvalue weighted by atomic mass is 32.2. The molecule has 0 atom stereocenters. The summed E-state index contributed by atoms with van der Waals surface area (Å²) in [4.78, 5) is 21.6. The normalized spacial score (nSPS) is 14.1. The number of carbonyl (C=O) groups excluding carboxylic acids is 1. The Morgan fingerprint density at radius 2 is 1.56 bits per heavy atom. The fraction of sp³-hybridized carbons (Fsp3) is 0.267. The van der Waals surface area contributed by atoms with Crippen molar-refractivity contribution in [1.29, 1.82) is 0 Å². The van der Waals surface area contributed by atoms with Gasteiger partial charge in [-0.05, 0) is 42.5 Å². The second-order valence-electron chi connectivity index (χ2n) is 9.58. The van der Waals surface area contributed by atoms with E-state index in [1.165, 1.54) is 6.07 Å². The topological polar surface area (TPSA) is 110 Å². The third-order valence-electron chi connectivity index (χ3n) is 7.11. The first kappa shape index (κ1) is 28.2. The van der Waals surface area contributed by atoms with Gasteiger partial charge in [-0.25, -0.2) is 8.42 Å². The van der Waals surface area contributed by atoms with E-state index in [1.807, 2.05) is 29.2 Å². The maximum absolute atomic E-state index is 13.2. The molecule has 1 saturated heterocycles. The number of nitrogens with one attached hydrogen (secondary N) is 1. The van der Waals surface area contributed by atoms with Gasteiger partial charge in [0.2, 0.25) is 5.75 Å². The van der Waals surface area contributed by atoms with Crippen LogP contribution in [0.4, 0.5) is 5.69 Å². The zero-order valence-corrected chi connectivity index (χ0v) is 24.0. The second-order valence-corrected chi connectivity index (χ2v) is 11.2. The lowest BCUT2D eigenvalue weighted by Crippen LogP contribution is -2.48. The molecule has 0 unspecified atom stereocenters. The molecule has 0 aliphatic carbocycles. The van der Waals surface area contributed by atoms with Crippen LogP contribution in [0.1, 0.15) is 15.9 Å². The Kier molecular flexibility index (Phi) is 8.27. The summed E-state index contributed by atoms with van der Waals surface area (Å²) in [6, 6.07) is 18.9. The number of sulfonamides is 1. The largest absolute Gasteiger partial charge is 0.493 e. The molecule has 1 aromatic heterocycles. The van der Waals surface area contributed by atoms with E-state index in [1.54, 1.807) is 63.9 Å². The van der Waals surface area contributed by atoms with E-state index in [4.69, 9.17) is 14.2 Å². The summed E-state index contributed by atoms with van der Waals surface area (Å²) in [5.74, 6) is 1.70. The molecule has 4 aromatic rings. The maximum Gasteiger partial charge on any atom is 0.264 e. The highest BCUT2D eigenvalue weighted by Gasteiger charge is 2.25. The molecule has 0 saturated carbocycles. The van der Waals surface area contributed by atoms with Crippen molar-refractivity contribution in [3.05, 3.63) is 84.1 Å². The minimum atomic E-state index is -3.88. The van der Waals surface area contributed by atoms with Crippen LogP contribution >= 0.6 is 0 Å². The lowest BCUT2D eigenvalue weighted by atomic mass is 10.1. The van der Waals surface area contributed by atoms with Crippen molar-refractivity contribution in [2.75, 3.05) is 52.2 Å². The van der Waals surface area contributed by atoms with Crippen LogP contribution in [0.5, 0.6) is 17.2 Å². The average Bonchev–Trinajstić information content (AvgIpc) is 3.00. The van der Waals surface area contributed by atoms with Gasteiger partial charge < -0.3 is 19.1 Å². The molecule has 1 aliphatic rings. The van der Waals surface area contributed by atoms with Crippen molar-refractivity contribution in [3.63, 3.8) is 0 Å². The Balaban J connectivity index is 1.21. The summed E-state index contributed by atoms with van der Waals surface area (Å²) < 4.78 is 45.3. The van der Waals surface area contributed by atoms with Gasteiger partial charge in [0.15, 0.2) is 11.5 Å². The predicted molar refractivity (Wildman–Crippen MR) is 156 cm³/mol. The van der Waals surface area contributed by atoms with Gasteiger partial charge in [-0.15, -0.1) is 0 Å². The first-order chi connectivity index (χ1) is 19.8. The molecule has 0 radical (unpaired) electrons. The third kappa shape index (κ3) is 5.91. The molecule has 1 amide bonds. The van der Waals surface area contributed by atoms with E-state index in [2.05, 4.69) is 14.6 Å². The molecule has 41 heavy (non-hydrogen) atoms. The van der Waals surface area contributed by atoms with Gasteiger partial charge in [-0.3, -0.25) is 19.4 Å². The number of rotatable bonds is 9. The van der Waals surface area contributed by atoms with Crippen LogP contribution in [0.3, 0.4) is 0 Å². The maximum atomic E-state index is 13.2. The molecule has 5 rings (SSSR count). The Bertz CT molecular complexity index is 1650.